The quantitative estimate of drug-likeness (QED) is 0.173. The Morgan fingerprint density at radius 3 is 1.61 bits per heavy atom. The maximum Gasteiger partial charge on any atom is 0.252 e. The minimum Gasteiger partial charge on any atom is -0.349 e. The normalized spacial score (nSPS) is 15.5. The van der Waals surface area contributed by atoms with Crippen molar-refractivity contribution in [1.82, 2.24) is 15.0 Å². The van der Waals surface area contributed by atoms with Gasteiger partial charge in [-0.25, -0.2) is 5.01 Å². The van der Waals surface area contributed by atoms with Gasteiger partial charge in [-0.3, -0.25) is 0 Å². The third-order valence-corrected chi connectivity index (χ3v) is 6.25. The van der Waals surface area contributed by atoms with Gasteiger partial charge in [-0.2, -0.15) is 20.1 Å². The highest BCUT2D eigenvalue weighted by Gasteiger charge is 2.26. The van der Waals surface area contributed by atoms with E-state index in [1.54, 1.807) is 11.2 Å². The summed E-state index contributed by atoms with van der Waals surface area (Å²) in [6, 6.07) is 0. The van der Waals surface area contributed by atoms with Crippen LogP contribution in [0.25, 0.3) is 0 Å². The van der Waals surface area contributed by atoms with Crippen LogP contribution in [0.3, 0.4) is 0 Å². The van der Waals surface area contributed by atoms with E-state index in [4.69, 9.17) is 4.98 Å². The largest absolute Gasteiger partial charge is 0.349 e. The zero-order valence-electron chi connectivity index (χ0n) is 21.4. The summed E-state index contributed by atoms with van der Waals surface area (Å²) in [5.74, 6) is 1.76. The lowest BCUT2D eigenvalue weighted by molar-refractivity contribution is 0.426. The van der Waals surface area contributed by atoms with Crippen LogP contribution in [0, 0.1) is 0 Å². The second-order valence-corrected chi connectivity index (χ2v) is 9.17. The average Bonchev–Trinajstić information content (AvgIpc) is 2.74. The Bertz CT molecular complexity index is 619. The molecule has 7 nitrogen and oxygen atoms in total. The van der Waals surface area contributed by atoms with Gasteiger partial charge in [-0.15, -0.1) is 0 Å². The van der Waals surface area contributed by atoms with Gasteiger partial charge in [0.15, 0.2) is 0 Å². The van der Waals surface area contributed by atoms with Crippen LogP contribution in [-0.4, -0.2) is 39.3 Å². The van der Waals surface area contributed by atoms with E-state index >= 15 is 0 Å². The fraction of sp³-hybridized carbons (Fsp3) is 0.833. The van der Waals surface area contributed by atoms with Crippen LogP contribution in [0.1, 0.15) is 113 Å². The van der Waals surface area contributed by atoms with Crippen molar-refractivity contribution in [1.29, 1.82) is 0 Å². The van der Waals surface area contributed by atoms with Crippen molar-refractivity contribution in [3.63, 3.8) is 0 Å². The van der Waals surface area contributed by atoms with Gasteiger partial charge >= 0.3 is 0 Å². The van der Waals surface area contributed by atoms with Gasteiger partial charge in [0, 0.05) is 24.3 Å². The summed E-state index contributed by atoms with van der Waals surface area (Å²) < 4.78 is 0. The average molecular weight is 434 g/mol. The molecule has 1 heterocycles. The van der Waals surface area contributed by atoms with E-state index in [-0.39, 0.29) is 11.1 Å². The van der Waals surface area contributed by atoms with Crippen molar-refractivity contribution in [3.8, 4) is 0 Å². The molecule has 1 aromatic rings. The number of aromatic nitrogens is 3. The molecule has 2 unspecified atom stereocenters. The maximum atomic E-state index is 4.78. The van der Waals surface area contributed by atoms with Gasteiger partial charge in [0.25, 0.3) is 5.95 Å². The summed E-state index contributed by atoms with van der Waals surface area (Å²) in [5.41, 5.74) is -0.0975. The van der Waals surface area contributed by atoms with Crippen LogP contribution in [-0.2, 0) is 0 Å². The number of hydrazone groups is 1. The molecule has 1 rings (SSSR count). The van der Waals surface area contributed by atoms with Crippen molar-refractivity contribution in [2.45, 2.75) is 124 Å². The van der Waals surface area contributed by atoms with Crippen molar-refractivity contribution in [3.05, 3.63) is 0 Å². The number of unbranched alkanes of at least 4 members (excludes halogenated alkanes) is 4. The first-order valence-corrected chi connectivity index (χ1v) is 12.3. The molecule has 31 heavy (non-hydrogen) atoms. The van der Waals surface area contributed by atoms with Gasteiger partial charge in [-0.05, 0) is 46.5 Å². The molecule has 0 spiro atoms. The molecule has 0 saturated carbocycles. The van der Waals surface area contributed by atoms with Crippen LogP contribution < -0.4 is 15.6 Å². The van der Waals surface area contributed by atoms with E-state index < -0.39 is 0 Å². The van der Waals surface area contributed by atoms with Crippen molar-refractivity contribution in [2.75, 3.05) is 22.7 Å². The first-order chi connectivity index (χ1) is 14.7. The van der Waals surface area contributed by atoms with Crippen molar-refractivity contribution >= 4 is 24.1 Å². The monoisotopic (exact) mass is 433 g/mol. The molecule has 178 valence electrons. The Kier molecular flexibility index (Phi) is 11.8. The molecule has 2 atom stereocenters. The number of anilines is 3. The first-order valence-electron chi connectivity index (χ1n) is 12.3. The van der Waals surface area contributed by atoms with Gasteiger partial charge in [-0.1, -0.05) is 66.2 Å². The molecule has 0 aromatic carbocycles. The predicted molar refractivity (Wildman–Crippen MR) is 135 cm³/mol. The fourth-order valence-corrected chi connectivity index (χ4v) is 3.57. The minimum atomic E-state index is -0.0488. The zero-order chi connectivity index (χ0) is 23.3. The molecule has 0 aliphatic rings. The van der Waals surface area contributed by atoms with Crippen LogP contribution >= 0.6 is 0 Å². The zero-order valence-corrected chi connectivity index (χ0v) is 21.4. The second-order valence-electron chi connectivity index (χ2n) is 9.17. The van der Waals surface area contributed by atoms with E-state index in [9.17, 15) is 0 Å². The highest BCUT2D eigenvalue weighted by molar-refractivity contribution is 5.56. The lowest BCUT2D eigenvalue weighted by Crippen LogP contribution is -2.37. The summed E-state index contributed by atoms with van der Waals surface area (Å²) in [5, 5.41) is 13.3. The van der Waals surface area contributed by atoms with Crippen LogP contribution in [0.15, 0.2) is 5.10 Å². The lowest BCUT2D eigenvalue weighted by Gasteiger charge is -2.32. The van der Waals surface area contributed by atoms with Crippen molar-refractivity contribution in [2.24, 2.45) is 5.10 Å². The summed E-state index contributed by atoms with van der Waals surface area (Å²) in [6.07, 6.45) is 13.3. The Morgan fingerprint density at radius 1 is 0.806 bits per heavy atom. The summed E-state index contributed by atoms with van der Waals surface area (Å²) >= 11 is 0. The SMILES string of the molecule is C/C=N\N(C)c1nc(NC(C)(CC)CCCCC)nc(NC(C)(CC)CCCCC)n1. The van der Waals surface area contributed by atoms with E-state index in [1.807, 2.05) is 14.0 Å². The van der Waals surface area contributed by atoms with Crippen LogP contribution in [0.4, 0.5) is 17.8 Å². The second kappa shape index (κ2) is 13.5. The molecular weight excluding hydrogens is 386 g/mol. The number of nitrogens with one attached hydrogen (secondary N) is 2. The first kappa shape index (κ1) is 27.1. The summed E-state index contributed by atoms with van der Waals surface area (Å²) in [7, 11) is 1.86. The molecule has 0 saturated heterocycles. The van der Waals surface area contributed by atoms with E-state index in [0.717, 1.165) is 25.7 Å². The topological polar surface area (TPSA) is 78.3 Å². The fourth-order valence-electron chi connectivity index (χ4n) is 3.57. The highest BCUT2D eigenvalue weighted by Crippen LogP contribution is 2.27. The third kappa shape index (κ3) is 9.40. The van der Waals surface area contributed by atoms with E-state index in [1.165, 1.54) is 38.5 Å². The van der Waals surface area contributed by atoms with E-state index in [0.29, 0.717) is 17.8 Å². The number of rotatable bonds is 16. The van der Waals surface area contributed by atoms with Gasteiger partial charge in [0.05, 0.1) is 0 Å². The number of hydrogen-bond donors (Lipinski definition) is 2. The molecule has 2 N–H and O–H groups in total. The third-order valence-electron chi connectivity index (χ3n) is 6.25. The Balaban J connectivity index is 3.19. The Labute approximate surface area is 190 Å². The Morgan fingerprint density at radius 2 is 1.26 bits per heavy atom. The molecule has 0 amide bonds. The molecular formula is C24H47N7. The van der Waals surface area contributed by atoms with Crippen LogP contribution in [0.2, 0.25) is 0 Å². The predicted octanol–water partition coefficient (Wildman–Crippen LogP) is 6.64. The summed E-state index contributed by atoms with van der Waals surface area (Å²) in [4.78, 5) is 14.1. The molecule has 0 aliphatic heterocycles. The molecule has 0 fully saturated rings. The minimum absolute atomic E-state index is 0.0488. The maximum absolute atomic E-state index is 4.78. The number of hydrogen-bond acceptors (Lipinski definition) is 7. The van der Waals surface area contributed by atoms with Gasteiger partial charge in [0.2, 0.25) is 11.9 Å². The standard InChI is InChI=1S/C24H47N7/c1-9-14-16-18-23(6,11-3)29-20-26-21(28-22(27-20)31(8)25-13-5)30-24(7,12-4)19-17-15-10-2/h13H,9-12,14-19H2,1-8H3,(H2,26,27,28,29,30)/b25-13-. The highest BCUT2D eigenvalue weighted by atomic mass is 15.5. The summed E-state index contributed by atoms with van der Waals surface area (Å²) in [6.45, 7) is 15.3. The Hall–Kier alpha value is -1.92. The smallest absolute Gasteiger partial charge is 0.252 e. The van der Waals surface area contributed by atoms with Crippen LogP contribution in [0.5, 0.6) is 0 Å². The van der Waals surface area contributed by atoms with Gasteiger partial charge < -0.3 is 10.6 Å². The molecule has 7 heteroatoms. The molecule has 0 radical (unpaired) electrons. The lowest BCUT2D eigenvalue weighted by atomic mass is 9.91. The van der Waals surface area contributed by atoms with Crippen molar-refractivity contribution < 1.29 is 0 Å². The molecule has 0 aliphatic carbocycles. The molecule has 1 aromatic heterocycles. The van der Waals surface area contributed by atoms with E-state index in [2.05, 4.69) is 67.2 Å². The van der Waals surface area contributed by atoms with Gasteiger partial charge in [0.1, 0.15) is 0 Å². The number of nitrogens with zero attached hydrogens (tertiary/aromatic N) is 5. The molecule has 0 bridgehead atoms.